The molecule has 2 N–H and O–H groups in total. The van der Waals surface area contributed by atoms with Gasteiger partial charge in [0.2, 0.25) is 5.16 Å². The summed E-state index contributed by atoms with van der Waals surface area (Å²) in [6.45, 7) is 0. The van der Waals surface area contributed by atoms with Crippen LogP contribution in [0.1, 0.15) is 10.4 Å². The lowest BCUT2D eigenvalue weighted by Crippen LogP contribution is -2.06. The van der Waals surface area contributed by atoms with Gasteiger partial charge in [0.25, 0.3) is 0 Å². The Morgan fingerprint density at radius 1 is 1.56 bits per heavy atom. The minimum absolute atomic E-state index is 0.266. The average Bonchev–Trinajstić information content (AvgIpc) is 2.76. The van der Waals surface area contributed by atoms with E-state index >= 15 is 0 Å². The van der Waals surface area contributed by atoms with Crippen molar-refractivity contribution in [3.05, 3.63) is 17.8 Å². The number of aromatic nitrogens is 5. The maximum atomic E-state index is 11.5. The minimum Gasteiger partial charge on any atom is -0.465 e. The maximum absolute atomic E-state index is 11.5. The van der Waals surface area contributed by atoms with E-state index in [2.05, 4.69) is 25.2 Å². The Morgan fingerprint density at radius 3 is 2.94 bits per heavy atom. The van der Waals surface area contributed by atoms with E-state index < -0.39 is 5.97 Å². The molecule has 0 fully saturated rings. The van der Waals surface area contributed by atoms with Crippen molar-refractivity contribution in [3.8, 4) is 0 Å². The van der Waals surface area contributed by atoms with Gasteiger partial charge in [-0.2, -0.15) is 0 Å². The third-order valence-corrected chi connectivity index (χ3v) is 3.05. The van der Waals surface area contributed by atoms with Crippen molar-refractivity contribution in [2.45, 2.75) is 10.2 Å². The van der Waals surface area contributed by atoms with Crippen LogP contribution in [0.15, 0.2) is 22.4 Å². The van der Waals surface area contributed by atoms with E-state index in [1.807, 2.05) is 0 Å². The molecule has 0 amide bonds. The number of rotatable bonds is 3. The summed E-state index contributed by atoms with van der Waals surface area (Å²) < 4.78 is 6.13. The minimum atomic E-state index is -0.507. The summed E-state index contributed by atoms with van der Waals surface area (Å²) in [4.78, 5) is 15.6. The van der Waals surface area contributed by atoms with Gasteiger partial charge in [0.1, 0.15) is 5.03 Å². The molecule has 2 aromatic heterocycles. The van der Waals surface area contributed by atoms with E-state index in [0.29, 0.717) is 10.2 Å². The molecule has 2 aromatic rings. The molecule has 0 saturated carbocycles. The molecule has 0 atom stereocenters. The fourth-order valence-electron chi connectivity index (χ4n) is 1.19. The van der Waals surface area contributed by atoms with E-state index in [9.17, 15) is 4.79 Å². The number of nitrogen functional groups attached to an aromatic ring is 1. The number of carbonyl (C=O) groups excluding carboxylic acids is 1. The Labute approximate surface area is 107 Å². The van der Waals surface area contributed by atoms with Gasteiger partial charge in [0.15, 0.2) is 0 Å². The first-order valence-corrected chi connectivity index (χ1v) is 5.67. The van der Waals surface area contributed by atoms with Crippen molar-refractivity contribution in [2.75, 3.05) is 12.8 Å². The van der Waals surface area contributed by atoms with E-state index in [1.54, 1.807) is 13.1 Å². The number of ether oxygens (including phenoxy) is 1. The van der Waals surface area contributed by atoms with Crippen LogP contribution in [0.25, 0.3) is 0 Å². The second-order valence-electron chi connectivity index (χ2n) is 3.29. The Morgan fingerprint density at radius 2 is 2.33 bits per heavy atom. The summed E-state index contributed by atoms with van der Waals surface area (Å²) in [5, 5.41) is 12.1. The molecule has 18 heavy (non-hydrogen) atoms. The number of aryl methyl sites for hydroxylation is 1. The van der Waals surface area contributed by atoms with Crippen LogP contribution in [0.3, 0.4) is 0 Å². The summed E-state index contributed by atoms with van der Waals surface area (Å²) in [7, 11) is 3.00. The number of nitrogens with zero attached hydrogens (tertiary/aromatic N) is 5. The Bertz CT molecular complexity index is 584. The quantitative estimate of drug-likeness (QED) is 0.780. The van der Waals surface area contributed by atoms with Crippen LogP contribution >= 0.6 is 11.8 Å². The molecule has 0 radical (unpaired) electrons. The van der Waals surface area contributed by atoms with Crippen molar-refractivity contribution >= 4 is 23.4 Å². The molecule has 0 saturated heterocycles. The van der Waals surface area contributed by atoms with E-state index in [4.69, 9.17) is 5.73 Å². The topological polar surface area (TPSA) is 109 Å². The molecule has 0 spiro atoms. The van der Waals surface area contributed by atoms with Crippen LogP contribution in [0.2, 0.25) is 0 Å². The SMILES string of the molecule is COC(=O)c1cc(Sc2nnnn2C)ncc1N. The number of hydrogen-bond donors (Lipinski definition) is 1. The first-order chi connectivity index (χ1) is 8.61. The standard InChI is InChI=1S/C9H10N6O2S/c1-15-9(12-13-14-15)18-7-3-5(8(16)17-2)6(10)4-11-7/h3-4H,10H2,1-2H3. The monoisotopic (exact) mass is 266 g/mol. The molecule has 2 heterocycles. The van der Waals surface area contributed by atoms with Gasteiger partial charge in [-0.25, -0.2) is 14.5 Å². The van der Waals surface area contributed by atoms with Gasteiger partial charge >= 0.3 is 5.97 Å². The Balaban J connectivity index is 2.30. The Kier molecular flexibility index (Phi) is 3.42. The molecule has 0 bridgehead atoms. The fourth-order valence-corrected chi connectivity index (χ4v) is 1.91. The highest BCUT2D eigenvalue weighted by molar-refractivity contribution is 7.99. The highest BCUT2D eigenvalue weighted by Gasteiger charge is 2.13. The molecule has 94 valence electrons. The van der Waals surface area contributed by atoms with Gasteiger partial charge in [-0.15, -0.1) is 5.10 Å². The van der Waals surface area contributed by atoms with Crippen molar-refractivity contribution in [2.24, 2.45) is 7.05 Å². The lowest BCUT2D eigenvalue weighted by Gasteiger charge is -2.05. The summed E-state index contributed by atoms with van der Waals surface area (Å²) >= 11 is 1.22. The van der Waals surface area contributed by atoms with E-state index in [1.165, 1.54) is 29.8 Å². The molecule has 0 aliphatic heterocycles. The zero-order chi connectivity index (χ0) is 13.1. The second kappa shape index (κ2) is 5.00. The van der Waals surface area contributed by atoms with Crippen LogP contribution in [-0.4, -0.2) is 38.3 Å². The highest BCUT2D eigenvalue weighted by atomic mass is 32.2. The first-order valence-electron chi connectivity index (χ1n) is 4.86. The fraction of sp³-hybridized carbons (Fsp3) is 0.222. The summed E-state index contributed by atoms with van der Waals surface area (Å²) in [6, 6.07) is 1.54. The number of esters is 1. The van der Waals surface area contributed by atoms with E-state index in [0.717, 1.165) is 0 Å². The molecule has 2 rings (SSSR count). The predicted molar refractivity (Wildman–Crippen MR) is 62.9 cm³/mol. The molecule has 0 aliphatic carbocycles. The van der Waals surface area contributed by atoms with Gasteiger partial charge in [-0.3, -0.25) is 0 Å². The average molecular weight is 266 g/mol. The Hall–Kier alpha value is -2.16. The number of tetrazole rings is 1. The lowest BCUT2D eigenvalue weighted by molar-refractivity contribution is 0.0601. The zero-order valence-corrected chi connectivity index (χ0v) is 10.5. The predicted octanol–water partition coefficient (Wildman–Crippen LogP) is 0.125. The van der Waals surface area contributed by atoms with Crippen LogP contribution in [0.5, 0.6) is 0 Å². The van der Waals surface area contributed by atoms with Crippen LogP contribution < -0.4 is 5.73 Å². The number of anilines is 1. The summed E-state index contributed by atoms with van der Waals surface area (Å²) in [5.74, 6) is -0.507. The third kappa shape index (κ3) is 2.40. The second-order valence-corrected chi connectivity index (χ2v) is 4.28. The number of nitrogens with two attached hydrogens (primary N) is 1. The van der Waals surface area contributed by atoms with Gasteiger partial charge < -0.3 is 10.5 Å². The van der Waals surface area contributed by atoms with Crippen LogP contribution in [-0.2, 0) is 11.8 Å². The molecule has 0 aliphatic rings. The number of hydrogen-bond acceptors (Lipinski definition) is 8. The number of pyridine rings is 1. The van der Waals surface area contributed by atoms with E-state index in [-0.39, 0.29) is 11.3 Å². The van der Waals surface area contributed by atoms with Gasteiger partial charge in [0.05, 0.1) is 24.6 Å². The smallest absolute Gasteiger partial charge is 0.340 e. The maximum Gasteiger partial charge on any atom is 0.340 e. The van der Waals surface area contributed by atoms with Crippen LogP contribution in [0, 0.1) is 0 Å². The first kappa shape index (κ1) is 12.3. The molecule has 8 nitrogen and oxygen atoms in total. The lowest BCUT2D eigenvalue weighted by atomic mass is 10.2. The van der Waals surface area contributed by atoms with Crippen molar-refractivity contribution < 1.29 is 9.53 Å². The van der Waals surface area contributed by atoms with Crippen molar-refractivity contribution in [3.63, 3.8) is 0 Å². The molecule has 0 aromatic carbocycles. The molecule has 9 heteroatoms. The molecule has 0 unspecified atom stereocenters. The normalized spacial score (nSPS) is 10.3. The van der Waals surface area contributed by atoms with Crippen LogP contribution in [0.4, 0.5) is 5.69 Å². The van der Waals surface area contributed by atoms with Gasteiger partial charge in [0, 0.05) is 7.05 Å². The largest absolute Gasteiger partial charge is 0.465 e. The number of carbonyl (C=O) groups is 1. The van der Waals surface area contributed by atoms with Gasteiger partial charge in [-0.05, 0) is 28.3 Å². The number of methoxy groups -OCH3 is 1. The van der Waals surface area contributed by atoms with Crippen molar-refractivity contribution in [1.29, 1.82) is 0 Å². The van der Waals surface area contributed by atoms with Gasteiger partial charge in [-0.1, -0.05) is 0 Å². The molecular formula is C9H10N6O2S. The summed E-state index contributed by atoms with van der Waals surface area (Å²) in [5.41, 5.74) is 6.19. The third-order valence-electron chi connectivity index (χ3n) is 2.09. The highest BCUT2D eigenvalue weighted by Crippen LogP contribution is 2.25. The summed E-state index contributed by atoms with van der Waals surface area (Å²) in [6.07, 6.45) is 1.40. The van der Waals surface area contributed by atoms with Crippen molar-refractivity contribution in [1.82, 2.24) is 25.2 Å². The zero-order valence-electron chi connectivity index (χ0n) is 9.69. The molecular weight excluding hydrogens is 256 g/mol.